The zero-order valence-corrected chi connectivity index (χ0v) is 15.5. The zero-order chi connectivity index (χ0) is 21.0. The Kier molecular flexibility index (Phi) is 13.3. The molecule has 1 atom stereocenters. The van der Waals surface area contributed by atoms with Crippen LogP contribution >= 0.6 is 7.82 Å². The fraction of sp³-hybridized carbons (Fsp3) is 0.692. The van der Waals surface area contributed by atoms with Gasteiger partial charge in [-0.25, -0.2) is 14.2 Å². The topological polar surface area (TPSA) is 203 Å². The highest BCUT2D eigenvalue weighted by atomic mass is 31.2. The van der Waals surface area contributed by atoms with Crippen LogP contribution in [-0.4, -0.2) is 74.6 Å². The highest BCUT2D eigenvalue weighted by molar-refractivity contribution is 7.47. The third-order valence-electron chi connectivity index (χ3n) is 2.34. The molecule has 0 aliphatic carbocycles. The van der Waals surface area contributed by atoms with E-state index in [1.807, 2.05) is 0 Å². The van der Waals surface area contributed by atoms with Crippen LogP contribution in [0.4, 0.5) is 0 Å². The molecule has 0 saturated heterocycles. The Hall–Kier alpha value is -1.37. The Balaban J connectivity index is 0. The summed E-state index contributed by atoms with van der Waals surface area (Å²) >= 11 is 0. The predicted octanol–water partition coefficient (Wildman–Crippen LogP) is -0.902. The standard InChI is InChI=1S/C7H10O4.C6H16NO7P/c1-4(2)5(7(10)11)3-6(8)9;1-2-13-15(11,12)14-4-3-7-5-6(8,9)10/h3-4H,1-2H3,(H,8,9)(H,10,11);7-10H,2-5H2,1H3,(H,11,12)/b5-3-;. The van der Waals surface area contributed by atoms with E-state index in [1.54, 1.807) is 20.8 Å². The quantitative estimate of drug-likeness (QED) is 0.0970. The van der Waals surface area contributed by atoms with E-state index < -0.39 is 32.3 Å². The summed E-state index contributed by atoms with van der Waals surface area (Å²) in [5.74, 6) is -5.48. The Labute approximate surface area is 150 Å². The second-order valence-electron chi connectivity index (χ2n) is 5.07. The zero-order valence-electron chi connectivity index (χ0n) is 14.7. The SMILES string of the molecule is CC(C)/C(=C/C(=O)O)C(=O)O.CCOP(=O)(O)OCCNCC(O)(O)O. The van der Waals surface area contributed by atoms with Gasteiger partial charge in [0, 0.05) is 18.2 Å². The number of carboxylic acid groups (broad SMARTS) is 2. The van der Waals surface area contributed by atoms with E-state index >= 15 is 0 Å². The highest BCUT2D eigenvalue weighted by Crippen LogP contribution is 2.42. The molecule has 13 heteroatoms. The molecule has 0 rings (SSSR count). The number of phosphoric acid groups is 1. The number of hydrogen-bond acceptors (Lipinski definition) is 9. The van der Waals surface area contributed by atoms with Crippen LogP contribution in [0.2, 0.25) is 0 Å². The average Bonchev–Trinajstić information content (AvgIpc) is 2.42. The molecule has 0 bridgehead atoms. The van der Waals surface area contributed by atoms with Gasteiger partial charge < -0.3 is 35.7 Å². The first-order valence-electron chi connectivity index (χ1n) is 7.39. The predicted molar refractivity (Wildman–Crippen MR) is 87.9 cm³/mol. The lowest BCUT2D eigenvalue weighted by Gasteiger charge is -2.15. The van der Waals surface area contributed by atoms with Gasteiger partial charge in [-0.05, 0) is 12.8 Å². The summed E-state index contributed by atoms with van der Waals surface area (Å²) in [5, 5.41) is 44.4. The van der Waals surface area contributed by atoms with E-state index in [2.05, 4.69) is 14.4 Å². The summed E-state index contributed by atoms with van der Waals surface area (Å²) in [6, 6.07) is 0. The Morgan fingerprint density at radius 1 is 1.19 bits per heavy atom. The molecule has 154 valence electrons. The van der Waals surface area contributed by atoms with Crippen LogP contribution in [0.25, 0.3) is 0 Å². The lowest BCUT2D eigenvalue weighted by atomic mass is 10.0. The summed E-state index contributed by atoms with van der Waals surface area (Å²) < 4.78 is 19.8. The molecule has 12 nitrogen and oxygen atoms in total. The maximum atomic E-state index is 10.9. The third kappa shape index (κ3) is 17.5. The van der Waals surface area contributed by atoms with E-state index in [9.17, 15) is 14.2 Å². The summed E-state index contributed by atoms with van der Waals surface area (Å²) in [5.41, 5.74) is -0.0856. The van der Waals surface area contributed by atoms with Crippen molar-refractivity contribution < 1.29 is 53.6 Å². The van der Waals surface area contributed by atoms with Crippen LogP contribution in [0.5, 0.6) is 0 Å². The number of nitrogens with one attached hydrogen (secondary N) is 1. The number of aliphatic hydroxyl groups is 3. The molecule has 0 aromatic heterocycles. The van der Waals surface area contributed by atoms with Gasteiger partial charge in [-0.15, -0.1) is 0 Å². The first-order chi connectivity index (χ1) is 11.7. The minimum atomic E-state index is -4.00. The van der Waals surface area contributed by atoms with Crippen LogP contribution in [0.3, 0.4) is 0 Å². The highest BCUT2D eigenvalue weighted by Gasteiger charge is 2.20. The number of phosphoric ester groups is 1. The molecule has 26 heavy (non-hydrogen) atoms. The first kappa shape index (κ1) is 26.9. The number of carboxylic acids is 2. The van der Waals surface area contributed by atoms with Gasteiger partial charge in [0.15, 0.2) is 0 Å². The van der Waals surface area contributed by atoms with Crippen molar-refractivity contribution >= 4 is 19.8 Å². The molecule has 0 spiro atoms. The molecule has 0 aliphatic rings. The molecule has 0 saturated carbocycles. The molecule has 0 amide bonds. The molecule has 0 radical (unpaired) electrons. The van der Waals surface area contributed by atoms with Gasteiger partial charge in [-0.3, -0.25) is 9.05 Å². The summed E-state index contributed by atoms with van der Waals surface area (Å²) in [6.45, 7) is 4.24. The first-order valence-corrected chi connectivity index (χ1v) is 8.89. The van der Waals surface area contributed by atoms with Gasteiger partial charge in [0.25, 0.3) is 5.97 Å². The van der Waals surface area contributed by atoms with Crippen molar-refractivity contribution in [1.29, 1.82) is 0 Å². The average molecular weight is 403 g/mol. The molecule has 0 aliphatic heterocycles. The largest absolute Gasteiger partial charge is 0.478 e. The summed E-state index contributed by atoms with van der Waals surface area (Å²) in [4.78, 5) is 29.3. The third-order valence-corrected chi connectivity index (χ3v) is 3.43. The van der Waals surface area contributed by atoms with Gasteiger partial charge in [-0.1, -0.05) is 13.8 Å². The molecular weight excluding hydrogens is 377 g/mol. The van der Waals surface area contributed by atoms with E-state index in [0.29, 0.717) is 6.08 Å². The minimum Gasteiger partial charge on any atom is -0.478 e. The van der Waals surface area contributed by atoms with Crippen LogP contribution in [0, 0.1) is 5.92 Å². The van der Waals surface area contributed by atoms with Gasteiger partial charge in [0.05, 0.1) is 19.8 Å². The van der Waals surface area contributed by atoms with E-state index in [1.165, 1.54) is 0 Å². The van der Waals surface area contributed by atoms with E-state index in [-0.39, 0.29) is 31.2 Å². The monoisotopic (exact) mass is 403 g/mol. The van der Waals surface area contributed by atoms with Crippen LogP contribution < -0.4 is 5.32 Å². The number of aliphatic carboxylic acids is 2. The second-order valence-corrected chi connectivity index (χ2v) is 6.52. The molecule has 0 aromatic rings. The van der Waals surface area contributed by atoms with Crippen molar-refractivity contribution in [3.63, 3.8) is 0 Å². The molecule has 0 heterocycles. The van der Waals surface area contributed by atoms with Gasteiger partial charge in [0.2, 0.25) is 0 Å². The maximum Gasteiger partial charge on any atom is 0.472 e. The van der Waals surface area contributed by atoms with Crippen molar-refractivity contribution in [2.75, 3.05) is 26.3 Å². The summed E-state index contributed by atoms with van der Waals surface area (Å²) in [6.07, 6.45) is 0.715. The van der Waals surface area contributed by atoms with Crippen LogP contribution in [-0.2, 0) is 23.2 Å². The maximum absolute atomic E-state index is 10.9. The normalized spacial score (nSPS) is 14.4. The molecular formula is C13H26NO11P. The lowest BCUT2D eigenvalue weighted by Crippen LogP contribution is -2.41. The molecule has 0 fully saturated rings. The second kappa shape index (κ2) is 12.9. The fourth-order valence-electron chi connectivity index (χ4n) is 1.30. The number of carbonyl (C=O) groups is 2. The van der Waals surface area contributed by atoms with Crippen molar-refractivity contribution in [2.24, 2.45) is 5.92 Å². The molecule has 7 N–H and O–H groups in total. The fourth-order valence-corrected chi connectivity index (χ4v) is 2.02. The van der Waals surface area contributed by atoms with Gasteiger partial charge >= 0.3 is 19.8 Å². The van der Waals surface area contributed by atoms with E-state index in [4.69, 9.17) is 30.4 Å². The van der Waals surface area contributed by atoms with Gasteiger partial charge in [0.1, 0.15) is 0 Å². The van der Waals surface area contributed by atoms with Gasteiger partial charge in [-0.2, -0.15) is 0 Å². The van der Waals surface area contributed by atoms with E-state index in [0.717, 1.165) is 0 Å². The lowest BCUT2D eigenvalue weighted by molar-refractivity contribution is -0.306. The van der Waals surface area contributed by atoms with Crippen LogP contribution in [0.1, 0.15) is 20.8 Å². The van der Waals surface area contributed by atoms with Crippen molar-refractivity contribution in [1.82, 2.24) is 5.32 Å². The smallest absolute Gasteiger partial charge is 0.472 e. The Morgan fingerprint density at radius 2 is 1.73 bits per heavy atom. The van der Waals surface area contributed by atoms with Crippen molar-refractivity contribution in [2.45, 2.75) is 26.7 Å². The van der Waals surface area contributed by atoms with Crippen LogP contribution in [0.15, 0.2) is 11.6 Å². The number of rotatable bonds is 11. The Bertz CT molecular complexity index is 513. The van der Waals surface area contributed by atoms with Crippen molar-refractivity contribution in [3.8, 4) is 0 Å². The Morgan fingerprint density at radius 3 is 2.04 bits per heavy atom. The minimum absolute atomic E-state index is 0.0498. The molecule has 0 aromatic carbocycles. The molecule has 1 unspecified atom stereocenters. The van der Waals surface area contributed by atoms with Crippen molar-refractivity contribution in [3.05, 3.63) is 11.6 Å². The number of hydrogen-bond donors (Lipinski definition) is 7. The summed E-state index contributed by atoms with van der Waals surface area (Å²) in [7, 11) is -4.00.